The number of carbonyl (C=O) groups excluding carboxylic acids is 1. The Balaban J connectivity index is 1.45. The van der Waals surface area contributed by atoms with Crippen LogP contribution in [0.1, 0.15) is 23.7 Å². The van der Waals surface area contributed by atoms with Gasteiger partial charge in [-0.2, -0.15) is 0 Å². The fourth-order valence-corrected chi connectivity index (χ4v) is 2.49. The molecule has 1 unspecified atom stereocenters. The molecule has 24 heavy (non-hydrogen) atoms. The van der Waals surface area contributed by atoms with Gasteiger partial charge in [-0.3, -0.25) is 4.79 Å². The van der Waals surface area contributed by atoms with Crippen molar-refractivity contribution in [2.45, 2.75) is 18.9 Å². The van der Waals surface area contributed by atoms with Crippen LogP contribution in [-0.2, 0) is 11.2 Å². The molecule has 0 saturated carbocycles. The topological polar surface area (TPSA) is 67.8 Å². The Labute approximate surface area is 139 Å². The minimum Gasteiger partial charge on any atom is -0.454 e. The Hall–Kier alpha value is -2.60. The summed E-state index contributed by atoms with van der Waals surface area (Å²) >= 11 is 0. The quantitative estimate of drug-likeness (QED) is 0.852. The molecule has 0 aromatic heterocycles. The number of ether oxygens (including phenoxy) is 2. The largest absolute Gasteiger partial charge is 0.454 e. The number of hydrogen-bond donors (Lipinski definition) is 2. The first kappa shape index (κ1) is 16.3. The highest BCUT2D eigenvalue weighted by atomic mass is 19.1. The maximum atomic E-state index is 12.8. The van der Waals surface area contributed by atoms with Gasteiger partial charge in [-0.1, -0.05) is 18.2 Å². The Morgan fingerprint density at radius 2 is 1.92 bits per heavy atom. The first-order chi connectivity index (χ1) is 11.6. The summed E-state index contributed by atoms with van der Waals surface area (Å²) < 4.78 is 23.3. The van der Waals surface area contributed by atoms with Crippen molar-refractivity contribution >= 4 is 5.91 Å². The van der Waals surface area contributed by atoms with E-state index in [1.807, 2.05) is 0 Å². The van der Waals surface area contributed by atoms with Crippen LogP contribution in [0.4, 0.5) is 4.39 Å². The number of nitrogens with one attached hydrogen (secondary N) is 1. The number of rotatable bonds is 6. The summed E-state index contributed by atoms with van der Waals surface area (Å²) in [4.78, 5) is 11.8. The zero-order chi connectivity index (χ0) is 16.9. The molecule has 2 aromatic rings. The van der Waals surface area contributed by atoms with Crippen LogP contribution < -0.4 is 14.8 Å². The number of benzene rings is 2. The highest BCUT2D eigenvalue weighted by molar-refractivity contribution is 5.78. The highest BCUT2D eigenvalue weighted by Gasteiger charge is 2.16. The molecule has 0 aliphatic carbocycles. The third-order valence-electron chi connectivity index (χ3n) is 3.80. The van der Waals surface area contributed by atoms with Gasteiger partial charge in [0.1, 0.15) is 5.82 Å². The highest BCUT2D eigenvalue weighted by Crippen LogP contribution is 2.34. The van der Waals surface area contributed by atoms with Gasteiger partial charge in [0.05, 0.1) is 12.5 Å². The predicted octanol–water partition coefficient (Wildman–Crippen LogP) is 2.34. The molecular formula is C18H18FNO4. The van der Waals surface area contributed by atoms with Crippen molar-refractivity contribution in [3.05, 3.63) is 59.4 Å². The van der Waals surface area contributed by atoms with Crippen LogP contribution in [0.5, 0.6) is 11.5 Å². The number of amides is 1. The monoisotopic (exact) mass is 331 g/mol. The van der Waals surface area contributed by atoms with E-state index in [1.165, 1.54) is 12.1 Å². The molecule has 1 aliphatic heterocycles. The summed E-state index contributed by atoms with van der Waals surface area (Å²) in [5, 5.41) is 12.9. The molecule has 3 rings (SSSR count). The van der Waals surface area contributed by atoms with E-state index in [9.17, 15) is 14.3 Å². The second-order valence-electron chi connectivity index (χ2n) is 5.57. The molecule has 1 heterocycles. The van der Waals surface area contributed by atoms with Crippen molar-refractivity contribution in [2.24, 2.45) is 0 Å². The Morgan fingerprint density at radius 3 is 2.71 bits per heavy atom. The third kappa shape index (κ3) is 4.02. The van der Waals surface area contributed by atoms with Crippen LogP contribution in [0.15, 0.2) is 42.5 Å². The lowest BCUT2D eigenvalue weighted by Crippen LogP contribution is -2.27. The molecule has 0 fully saturated rings. The van der Waals surface area contributed by atoms with Gasteiger partial charge in [0.15, 0.2) is 11.5 Å². The van der Waals surface area contributed by atoms with E-state index in [0.29, 0.717) is 30.0 Å². The second-order valence-corrected chi connectivity index (χ2v) is 5.57. The third-order valence-corrected chi connectivity index (χ3v) is 3.80. The smallest absolute Gasteiger partial charge is 0.231 e. The van der Waals surface area contributed by atoms with Gasteiger partial charge in [-0.15, -0.1) is 0 Å². The lowest BCUT2D eigenvalue weighted by molar-refractivity contribution is -0.120. The molecule has 0 saturated heterocycles. The zero-order valence-corrected chi connectivity index (χ0v) is 13.0. The summed E-state index contributed by atoms with van der Waals surface area (Å²) in [6, 6.07) is 11.1. The van der Waals surface area contributed by atoms with Gasteiger partial charge >= 0.3 is 0 Å². The van der Waals surface area contributed by atoms with Gasteiger partial charge in [0, 0.05) is 6.54 Å². The van der Waals surface area contributed by atoms with Crippen LogP contribution in [0.2, 0.25) is 0 Å². The van der Waals surface area contributed by atoms with Crippen molar-refractivity contribution in [2.75, 3.05) is 13.3 Å². The van der Waals surface area contributed by atoms with E-state index in [1.54, 1.807) is 30.3 Å². The number of aliphatic hydroxyl groups excluding tert-OH is 1. The fraction of sp³-hybridized carbons (Fsp3) is 0.278. The maximum absolute atomic E-state index is 12.8. The molecule has 1 aliphatic rings. The lowest BCUT2D eigenvalue weighted by atomic mass is 10.1. The summed E-state index contributed by atoms with van der Waals surface area (Å²) in [5.41, 5.74) is 1.46. The van der Waals surface area contributed by atoms with Crippen molar-refractivity contribution in [3.8, 4) is 11.5 Å². The number of hydrogen-bond acceptors (Lipinski definition) is 4. The van der Waals surface area contributed by atoms with Gasteiger partial charge in [-0.05, 0) is 41.8 Å². The van der Waals surface area contributed by atoms with E-state index < -0.39 is 6.10 Å². The Bertz CT molecular complexity index is 717. The predicted molar refractivity (Wildman–Crippen MR) is 85.3 cm³/mol. The van der Waals surface area contributed by atoms with Crippen LogP contribution >= 0.6 is 0 Å². The number of carbonyl (C=O) groups is 1. The molecule has 1 atom stereocenters. The van der Waals surface area contributed by atoms with Crippen molar-refractivity contribution in [1.29, 1.82) is 0 Å². The molecule has 0 radical (unpaired) electrons. The van der Waals surface area contributed by atoms with Crippen LogP contribution in [0.25, 0.3) is 0 Å². The Morgan fingerprint density at radius 1 is 1.17 bits per heavy atom. The van der Waals surface area contributed by atoms with E-state index in [-0.39, 0.29) is 24.9 Å². The summed E-state index contributed by atoms with van der Waals surface area (Å²) in [6.45, 7) is 0.532. The standard InChI is InChI=1S/C18H18FNO4/c19-14-4-1-12(2-5-14)9-18(22)20-8-7-15(21)13-3-6-16-17(10-13)24-11-23-16/h1-6,10,15,21H,7-9,11H2,(H,20,22). The van der Waals surface area contributed by atoms with Crippen molar-refractivity contribution in [1.82, 2.24) is 5.32 Å². The molecule has 2 aromatic carbocycles. The van der Waals surface area contributed by atoms with Crippen molar-refractivity contribution in [3.63, 3.8) is 0 Å². The normalized spacial score (nSPS) is 13.6. The number of halogens is 1. The minimum absolute atomic E-state index is 0.167. The van der Waals surface area contributed by atoms with E-state index in [0.717, 1.165) is 5.56 Å². The second kappa shape index (κ2) is 7.31. The Kier molecular flexibility index (Phi) is 4.96. The van der Waals surface area contributed by atoms with Gasteiger partial charge in [0.25, 0.3) is 0 Å². The molecule has 6 heteroatoms. The van der Waals surface area contributed by atoms with Crippen molar-refractivity contribution < 1.29 is 23.8 Å². The number of aliphatic hydroxyl groups is 1. The van der Waals surface area contributed by atoms with E-state index in [4.69, 9.17) is 9.47 Å². The molecule has 0 bridgehead atoms. The SMILES string of the molecule is O=C(Cc1ccc(F)cc1)NCCC(O)c1ccc2c(c1)OCO2. The van der Waals surface area contributed by atoms with Crippen LogP contribution in [0.3, 0.4) is 0 Å². The zero-order valence-electron chi connectivity index (χ0n) is 13.0. The molecular weight excluding hydrogens is 313 g/mol. The van der Waals surface area contributed by atoms with Crippen LogP contribution in [-0.4, -0.2) is 24.4 Å². The average Bonchev–Trinajstić information content (AvgIpc) is 3.04. The van der Waals surface area contributed by atoms with Crippen LogP contribution in [0, 0.1) is 5.82 Å². The first-order valence-corrected chi connectivity index (χ1v) is 7.70. The van der Waals surface area contributed by atoms with Gasteiger partial charge in [-0.25, -0.2) is 4.39 Å². The van der Waals surface area contributed by atoms with E-state index in [2.05, 4.69) is 5.32 Å². The summed E-state index contributed by atoms with van der Waals surface area (Å²) in [6.07, 6.45) is -0.138. The van der Waals surface area contributed by atoms with E-state index >= 15 is 0 Å². The lowest BCUT2D eigenvalue weighted by Gasteiger charge is -2.12. The van der Waals surface area contributed by atoms with Gasteiger partial charge in [0.2, 0.25) is 12.7 Å². The fourth-order valence-electron chi connectivity index (χ4n) is 2.49. The maximum Gasteiger partial charge on any atom is 0.231 e. The minimum atomic E-state index is -0.703. The average molecular weight is 331 g/mol. The molecule has 126 valence electrons. The first-order valence-electron chi connectivity index (χ1n) is 7.70. The molecule has 5 nitrogen and oxygen atoms in total. The molecule has 1 amide bonds. The van der Waals surface area contributed by atoms with Gasteiger partial charge < -0.3 is 19.9 Å². The molecule has 2 N–H and O–H groups in total. The number of fused-ring (bicyclic) bond motifs is 1. The summed E-state index contributed by atoms with van der Waals surface area (Å²) in [7, 11) is 0. The summed E-state index contributed by atoms with van der Waals surface area (Å²) in [5.74, 6) is 0.788. The molecule has 0 spiro atoms.